The van der Waals surface area contributed by atoms with Crippen LogP contribution in [0, 0.1) is 5.82 Å². The molecule has 1 atom stereocenters. The Balaban J connectivity index is 1.51. The molecule has 0 aliphatic carbocycles. The van der Waals surface area contributed by atoms with E-state index in [4.69, 9.17) is 9.47 Å². The maximum absolute atomic E-state index is 13.1. The Morgan fingerprint density at radius 2 is 1.86 bits per heavy atom. The summed E-state index contributed by atoms with van der Waals surface area (Å²) >= 11 is 0. The van der Waals surface area contributed by atoms with Crippen LogP contribution in [0.25, 0.3) is 5.69 Å². The summed E-state index contributed by atoms with van der Waals surface area (Å²) in [5.74, 6) is 1.26. The van der Waals surface area contributed by atoms with Gasteiger partial charge in [-0.05, 0) is 61.3 Å². The molecule has 5 nitrogen and oxygen atoms in total. The molecule has 6 heteroatoms. The molecule has 1 saturated heterocycles. The molecule has 0 bridgehead atoms. The van der Waals surface area contributed by atoms with Gasteiger partial charge in [-0.15, -0.1) is 0 Å². The number of nitrogens with zero attached hydrogens (tertiary/aromatic N) is 3. The zero-order valence-corrected chi connectivity index (χ0v) is 16.1. The number of hydrogen-bond donors (Lipinski definition) is 0. The molecule has 1 aromatic heterocycles. The highest BCUT2D eigenvalue weighted by atomic mass is 19.1. The van der Waals surface area contributed by atoms with Gasteiger partial charge < -0.3 is 9.47 Å². The van der Waals surface area contributed by atoms with Gasteiger partial charge in [0.1, 0.15) is 5.82 Å². The van der Waals surface area contributed by atoms with Crippen molar-refractivity contribution in [3.05, 3.63) is 71.8 Å². The number of ether oxygens (including phenoxy) is 2. The molecule has 2 heterocycles. The topological polar surface area (TPSA) is 39.5 Å². The monoisotopic (exact) mass is 381 g/mol. The highest BCUT2D eigenvalue weighted by Crippen LogP contribution is 2.37. The second kappa shape index (κ2) is 8.02. The lowest BCUT2D eigenvalue weighted by Gasteiger charge is -2.25. The molecule has 146 valence electrons. The van der Waals surface area contributed by atoms with Crippen molar-refractivity contribution in [2.75, 3.05) is 20.8 Å². The standard InChI is InChI=1S/C22H24FN3O2/c1-27-21-10-5-17(12-22(21)28-2)20-4-3-11-25(20)14-16-13-24-26(15-16)19-8-6-18(23)7-9-19/h5-10,12-13,15,20H,3-4,11,14H2,1-2H3/t20-/m0/s1. The number of benzene rings is 2. The van der Waals surface area contributed by atoms with Crippen LogP contribution in [0.5, 0.6) is 11.5 Å². The van der Waals surface area contributed by atoms with Gasteiger partial charge in [-0.3, -0.25) is 4.90 Å². The molecule has 4 rings (SSSR count). The molecule has 1 aliphatic rings. The lowest BCUT2D eigenvalue weighted by Crippen LogP contribution is -2.22. The van der Waals surface area contributed by atoms with E-state index in [-0.39, 0.29) is 5.82 Å². The first kappa shape index (κ1) is 18.5. The van der Waals surface area contributed by atoms with E-state index in [1.54, 1.807) is 31.0 Å². The Labute approximate surface area is 164 Å². The molecule has 0 spiro atoms. The predicted octanol–water partition coefficient (Wildman–Crippen LogP) is 4.37. The Hall–Kier alpha value is -2.86. The zero-order valence-electron chi connectivity index (χ0n) is 16.1. The van der Waals surface area contributed by atoms with Crippen LogP contribution in [-0.2, 0) is 6.54 Å². The second-order valence-electron chi connectivity index (χ2n) is 7.01. The molecule has 1 fully saturated rings. The molecule has 0 amide bonds. The third-order valence-electron chi connectivity index (χ3n) is 5.27. The largest absolute Gasteiger partial charge is 0.493 e. The lowest BCUT2D eigenvalue weighted by atomic mass is 10.0. The van der Waals surface area contributed by atoms with E-state index in [0.29, 0.717) is 6.04 Å². The number of hydrogen-bond acceptors (Lipinski definition) is 4. The van der Waals surface area contributed by atoms with Crippen LogP contribution < -0.4 is 9.47 Å². The Morgan fingerprint density at radius 3 is 2.61 bits per heavy atom. The summed E-state index contributed by atoms with van der Waals surface area (Å²) in [6.07, 6.45) is 6.16. The molecule has 0 N–H and O–H groups in total. The summed E-state index contributed by atoms with van der Waals surface area (Å²) in [5, 5.41) is 4.44. The minimum absolute atomic E-state index is 0.244. The normalized spacial score (nSPS) is 17.0. The number of likely N-dealkylation sites (tertiary alicyclic amines) is 1. The van der Waals surface area contributed by atoms with Gasteiger partial charge in [-0.25, -0.2) is 9.07 Å². The maximum atomic E-state index is 13.1. The van der Waals surface area contributed by atoms with Crippen molar-refractivity contribution in [3.63, 3.8) is 0 Å². The first-order chi connectivity index (χ1) is 13.7. The van der Waals surface area contributed by atoms with E-state index < -0.39 is 0 Å². The molecule has 3 aromatic rings. The quantitative estimate of drug-likeness (QED) is 0.636. The fraction of sp³-hybridized carbons (Fsp3) is 0.318. The minimum atomic E-state index is -0.244. The summed E-state index contributed by atoms with van der Waals surface area (Å²) in [5.41, 5.74) is 3.23. The van der Waals surface area contributed by atoms with E-state index in [1.807, 2.05) is 18.5 Å². The Morgan fingerprint density at radius 1 is 1.07 bits per heavy atom. The Kier molecular flexibility index (Phi) is 5.30. The van der Waals surface area contributed by atoms with Gasteiger partial charge in [-0.2, -0.15) is 5.10 Å². The highest BCUT2D eigenvalue weighted by Gasteiger charge is 2.27. The predicted molar refractivity (Wildman–Crippen MR) is 105 cm³/mol. The smallest absolute Gasteiger partial charge is 0.161 e. The van der Waals surface area contributed by atoms with Crippen molar-refractivity contribution in [1.82, 2.24) is 14.7 Å². The van der Waals surface area contributed by atoms with Gasteiger partial charge in [0.25, 0.3) is 0 Å². The average molecular weight is 381 g/mol. The zero-order chi connectivity index (χ0) is 19.5. The third-order valence-corrected chi connectivity index (χ3v) is 5.27. The molecular formula is C22H24FN3O2. The van der Waals surface area contributed by atoms with Gasteiger partial charge in [0.2, 0.25) is 0 Å². The van der Waals surface area contributed by atoms with Crippen molar-refractivity contribution in [2.45, 2.75) is 25.4 Å². The van der Waals surface area contributed by atoms with Gasteiger partial charge in [0, 0.05) is 24.3 Å². The third kappa shape index (κ3) is 3.73. The number of methoxy groups -OCH3 is 2. The van der Waals surface area contributed by atoms with Crippen molar-refractivity contribution in [2.24, 2.45) is 0 Å². The summed E-state index contributed by atoms with van der Waals surface area (Å²) in [6.45, 7) is 1.86. The fourth-order valence-electron chi connectivity index (χ4n) is 3.86. The molecular weight excluding hydrogens is 357 g/mol. The van der Waals surface area contributed by atoms with Crippen molar-refractivity contribution in [1.29, 1.82) is 0 Å². The summed E-state index contributed by atoms with van der Waals surface area (Å²) in [6, 6.07) is 12.9. The van der Waals surface area contributed by atoms with Gasteiger partial charge in [-0.1, -0.05) is 6.07 Å². The lowest BCUT2D eigenvalue weighted by molar-refractivity contribution is 0.247. The van der Waals surface area contributed by atoms with E-state index in [9.17, 15) is 4.39 Å². The minimum Gasteiger partial charge on any atom is -0.493 e. The second-order valence-corrected chi connectivity index (χ2v) is 7.01. The number of aromatic nitrogens is 2. The van der Waals surface area contributed by atoms with E-state index in [1.165, 1.54) is 17.7 Å². The summed E-state index contributed by atoms with van der Waals surface area (Å²) in [7, 11) is 3.32. The van der Waals surface area contributed by atoms with Crippen molar-refractivity contribution >= 4 is 0 Å². The molecule has 0 saturated carbocycles. The number of halogens is 1. The Bertz CT molecular complexity index is 939. The summed E-state index contributed by atoms with van der Waals surface area (Å²) in [4.78, 5) is 2.47. The fourth-order valence-corrected chi connectivity index (χ4v) is 3.86. The first-order valence-electron chi connectivity index (χ1n) is 9.43. The van der Waals surface area contributed by atoms with E-state index >= 15 is 0 Å². The van der Waals surface area contributed by atoms with E-state index in [0.717, 1.165) is 48.7 Å². The molecule has 28 heavy (non-hydrogen) atoms. The van der Waals surface area contributed by atoms with Crippen LogP contribution in [-0.4, -0.2) is 35.4 Å². The van der Waals surface area contributed by atoms with Crippen molar-refractivity contribution in [3.8, 4) is 17.2 Å². The molecule has 2 aromatic carbocycles. The van der Waals surface area contributed by atoms with Crippen LogP contribution >= 0.6 is 0 Å². The molecule has 0 unspecified atom stereocenters. The average Bonchev–Trinajstić information content (AvgIpc) is 3.38. The van der Waals surface area contributed by atoms with Gasteiger partial charge in [0.15, 0.2) is 11.5 Å². The SMILES string of the molecule is COc1ccc([C@@H]2CCCN2Cc2cnn(-c3ccc(F)cc3)c2)cc1OC. The number of rotatable bonds is 6. The van der Waals surface area contributed by atoms with E-state index in [2.05, 4.69) is 22.1 Å². The van der Waals surface area contributed by atoms with Gasteiger partial charge in [0.05, 0.1) is 26.1 Å². The maximum Gasteiger partial charge on any atom is 0.161 e. The van der Waals surface area contributed by atoms with Crippen LogP contribution in [0.3, 0.4) is 0 Å². The van der Waals surface area contributed by atoms with Crippen molar-refractivity contribution < 1.29 is 13.9 Å². The van der Waals surface area contributed by atoms with Crippen LogP contribution in [0.4, 0.5) is 4.39 Å². The van der Waals surface area contributed by atoms with Crippen LogP contribution in [0.1, 0.15) is 30.0 Å². The van der Waals surface area contributed by atoms with Crippen LogP contribution in [0.2, 0.25) is 0 Å². The molecule has 0 radical (unpaired) electrons. The van der Waals surface area contributed by atoms with Gasteiger partial charge >= 0.3 is 0 Å². The van der Waals surface area contributed by atoms with Crippen LogP contribution in [0.15, 0.2) is 54.9 Å². The summed E-state index contributed by atoms with van der Waals surface area (Å²) < 4.78 is 25.7. The highest BCUT2D eigenvalue weighted by molar-refractivity contribution is 5.44. The molecule has 1 aliphatic heterocycles. The first-order valence-corrected chi connectivity index (χ1v) is 9.43.